The average Bonchev–Trinajstić information content (AvgIpc) is 2.42. The van der Waals surface area contributed by atoms with Crippen molar-refractivity contribution in [1.82, 2.24) is 5.32 Å². The second-order valence-electron chi connectivity index (χ2n) is 4.42. The first-order chi connectivity index (χ1) is 9.54. The molecule has 104 valence electrons. The van der Waals surface area contributed by atoms with Crippen LogP contribution < -0.4 is 10.6 Å². The Morgan fingerprint density at radius 1 is 1.20 bits per heavy atom. The molecule has 0 atom stereocenters. The number of hydrogen-bond acceptors (Lipinski definition) is 1. The van der Waals surface area contributed by atoms with Crippen LogP contribution in [0.25, 0.3) is 0 Å². The summed E-state index contributed by atoms with van der Waals surface area (Å²) in [4.78, 5) is 0. The lowest BCUT2D eigenvalue weighted by molar-refractivity contribution is 0.631. The molecule has 0 saturated carbocycles. The number of hydrogen-bond donors (Lipinski definition) is 2. The first kappa shape index (κ1) is 14.8. The maximum atomic E-state index is 13.6. The smallest absolute Gasteiger partial charge is 0.171 e. The van der Waals surface area contributed by atoms with Gasteiger partial charge in [0.15, 0.2) is 5.11 Å². The fourth-order valence-electron chi connectivity index (χ4n) is 1.69. The Morgan fingerprint density at radius 3 is 2.60 bits per heavy atom. The third-order valence-electron chi connectivity index (χ3n) is 2.74. The van der Waals surface area contributed by atoms with Gasteiger partial charge in [0, 0.05) is 11.6 Å². The molecule has 5 heteroatoms. The van der Waals surface area contributed by atoms with Crippen LogP contribution >= 0.6 is 23.8 Å². The molecule has 2 rings (SSSR count). The predicted molar refractivity (Wildman–Crippen MR) is 85.6 cm³/mol. The monoisotopic (exact) mass is 308 g/mol. The number of aryl methyl sites for hydroxylation is 1. The Labute approximate surface area is 128 Å². The number of nitrogens with one attached hydrogen (secondary N) is 2. The SMILES string of the molecule is Cc1ccc(F)c(NC(=S)NCc2ccc(Cl)cc2)c1. The fourth-order valence-corrected chi connectivity index (χ4v) is 1.99. The molecule has 0 aliphatic heterocycles. The molecule has 0 saturated heterocycles. The summed E-state index contributed by atoms with van der Waals surface area (Å²) in [6, 6.07) is 12.3. The predicted octanol–water partition coefficient (Wildman–Crippen LogP) is 4.27. The molecule has 0 aliphatic rings. The van der Waals surface area contributed by atoms with Gasteiger partial charge in [0.05, 0.1) is 5.69 Å². The van der Waals surface area contributed by atoms with E-state index < -0.39 is 0 Å². The molecule has 20 heavy (non-hydrogen) atoms. The van der Waals surface area contributed by atoms with Crippen LogP contribution in [-0.2, 0) is 6.54 Å². The van der Waals surface area contributed by atoms with Crippen molar-refractivity contribution in [2.45, 2.75) is 13.5 Å². The lowest BCUT2D eigenvalue weighted by Crippen LogP contribution is -2.28. The Balaban J connectivity index is 1.92. The Kier molecular flexibility index (Phi) is 4.93. The molecule has 0 radical (unpaired) electrons. The maximum absolute atomic E-state index is 13.6. The van der Waals surface area contributed by atoms with Gasteiger partial charge >= 0.3 is 0 Å². The van der Waals surface area contributed by atoms with Crippen molar-refractivity contribution in [1.29, 1.82) is 0 Å². The van der Waals surface area contributed by atoms with Crippen molar-refractivity contribution in [2.24, 2.45) is 0 Å². The van der Waals surface area contributed by atoms with Gasteiger partial charge in [0.2, 0.25) is 0 Å². The zero-order chi connectivity index (χ0) is 14.5. The molecular weight excluding hydrogens is 295 g/mol. The first-order valence-electron chi connectivity index (χ1n) is 6.10. The number of thiocarbonyl (C=S) groups is 1. The maximum Gasteiger partial charge on any atom is 0.171 e. The minimum Gasteiger partial charge on any atom is -0.358 e. The summed E-state index contributed by atoms with van der Waals surface area (Å²) < 4.78 is 13.6. The van der Waals surface area contributed by atoms with Crippen LogP contribution in [0.4, 0.5) is 10.1 Å². The summed E-state index contributed by atoms with van der Waals surface area (Å²) in [5.41, 5.74) is 2.39. The van der Waals surface area contributed by atoms with Gasteiger partial charge in [-0.05, 0) is 54.5 Å². The van der Waals surface area contributed by atoms with E-state index in [1.807, 2.05) is 31.2 Å². The van der Waals surface area contributed by atoms with Crippen LogP contribution in [0.1, 0.15) is 11.1 Å². The van der Waals surface area contributed by atoms with Gasteiger partial charge in [0.1, 0.15) is 5.82 Å². The van der Waals surface area contributed by atoms with Crippen LogP contribution in [0.5, 0.6) is 0 Å². The first-order valence-corrected chi connectivity index (χ1v) is 6.88. The summed E-state index contributed by atoms with van der Waals surface area (Å²) in [6.07, 6.45) is 0. The Hall–Kier alpha value is -1.65. The summed E-state index contributed by atoms with van der Waals surface area (Å²) >= 11 is 11.0. The Morgan fingerprint density at radius 2 is 1.90 bits per heavy atom. The normalized spacial score (nSPS) is 10.2. The highest BCUT2D eigenvalue weighted by Crippen LogP contribution is 2.15. The standard InChI is InChI=1S/C15H14ClFN2S/c1-10-2-7-13(17)14(8-10)19-15(20)18-9-11-3-5-12(16)6-4-11/h2-8H,9H2,1H3,(H2,18,19,20). The van der Waals surface area contributed by atoms with E-state index in [-0.39, 0.29) is 5.82 Å². The van der Waals surface area contributed by atoms with Gasteiger partial charge in [-0.3, -0.25) is 0 Å². The van der Waals surface area contributed by atoms with Gasteiger partial charge < -0.3 is 10.6 Å². The van der Waals surface area contributed by atoms with Crippen molar-refractivity contribution >= 4 is 34.6 Å². The van der Waals surface area contributed by atoms with Crippen LogP contribution in [0.3, 0.4) is 0 Å². The van der Waals surface area contributed by atoms with Gasteiger partial charge in [0.25, 0.3) is 0 Å². The minimum absolute atomic E-state index is 0.328. The van der Waals surface area contributed by atoms with Gasteiger partial charge in [-0.25, -0.2) is 4.39 Å². The number of halogens is 2. The summed E-state index contributed by atoms with van der Waals surface area (Å²) in [5, 5.41) is 6.95. The zero-order valence-electron chi connectivity index (χ0n) is 10.9. The van der Waals surface area contributed by atoms with Crippen molar-refractivity contribution in [2.75, 3.05) is 5.32 Å². The molecule has 0 amide bonds. The van der Waals surface area contributed by atoms with E-state index >= 15 is 0 Å². The van der Waals surface area contributed by atoms with Crippen LogP contribution in [0, 0.1) is 12.7 Å². The van der Waals surface area contributed by atoms with Gasteiger partial charge in [-0.15, -0.1) is 0 Å². The highest BCUT2D eigenvalue weighted by Gasteiger charge is 2.04. The molecule has 0 aliphatic carbocycles. The van der Waals surface area contributed by atoms with E-state index in [2.05, 4.69) is 10.6 Å². The molecule has 0 bridgehead atoms. The number of benzene rings is 2. The molecule has 2 aromatic carbocycles. The lowest BCUT2D eigenvalue weighted by Gasteiger charge is -2.12. The quantitative estimate of drug-likeness (QED) is 0.828. The molecule has 0 heterocycles. The van der Waals surface area contributed by atoms with E-state index in [1.54, 1.807) is 12.1 Å². The molecule has 0 spiro atoms. The zero-order valence-corrected chi connectivity index (χ0v) is 12.5. The number of anilines is 1. The molecule has 0 aromatic heterocycles. The third-order valence-corrected chi connectivity index (χ3v) is 3.23. The van der Waals surface area contributed by atoms with Crippen LogP contribution in [0.2, 0.25) is 5.02 Å². The van der Waals surface area contributed by atoms with Crippen LogP contribution in [0.15, 0.2) is 42.5 Å². The van der Waals surface area contributed by atoms with Gasteiger partial charge in [-0.2, -0.15) is 0 Å². The van der Waals surface area contributed by atoms with Crippen molar-refractivity contribution in [3.05, 3.63) is 64.4 Å². The number of rotatable bonds is 3. The van der Waals surface area contributed by atoms with E-state index in [0.29, 0.717) is 22.4 Å². The molecule has 2 N–H and O–H groups in total. The highest BCUT2D eigenvalue weighted by molar-refractivity contribution is 7.80. The fraction of sp³-hybridized carbons (Fsp3) is 0.133. The highest BCUT2D eigenvalue weighted by atomic mass is 35.5. The Bertz CT molecular complexity index is 614. The van der Waals surface area contributed by atoms with Crippen molar-refractivity contribution < 1.29 is 4.39 Å². The van der Waals surface area contributed by atoms with E-state index in [1.165, 1.54) is 6.07 Å². The van der Waals surface area contributed by atoms with E-state index in [9.17, 15) is 4.39 Å². The molecule has 0 unspecified atom stereocenters. The second kappa shape index (κ2) is 6.68. The van der Waals surface area contributed by atoms with Gasteiger partial charge in [-0.1, -0.05) is 29.8 Å². The largest absolute Gasteiger partial charge is 0.358 e. The minimum atomic E-state index is -0.328. The third kappa shape index (κ3) is 4.18. The molecule has 2 aromatic rings. The topological polar surface area (TPSA) is 24.1 Å². The van der Waals surface area contributed by atoms with Crippen molar-refractivity contribution in [3.8, 4) is 0 Å². The lowest BCUT2D eigenvalue weighted by atomic mass is 10.2. The molecular formula is C15H14ClFN2S. The van der Waals surface area contributed by atoms with E-state index in [0.717, 1.165) is 11.1 Å². The summed E-state index contributed by atoms with van der Waals surface area (Å²) in [5.74, 6) is -0.328. The molecule has 2 nitrogen and oxygen atoms in total. The van der Waals surface area contributed by atoms with E-state index in [4.69, 9.17) is 23.8 Å². The van der Waals surface area contributed by atoms with Crippen molar-refractivity contribution in [3.63, 3.8) is 0 Å². The van der Waals surface area contributed by atoms with Crippen LogP contribution in [-0.4, -0.2) is 5.11 Å². The summed E-state index contributed by atoms with van der Waals surface area (Å²) in [6.45, 7) is 2.45. The summed E-state index contributed by atoms with van der Waals surface area (Å²) in [7, 11) is 0. The second-order valence-corrected chi connectivity index (χ2v) is 5.26. The molecule has 0 fully saturated rings. The average molecular weight is 309 g/mol.